The topological polar surface area (TPSA) is 83.5 Å². The largest absolute Gasteiger partial charge is 0.480 e. The maximum absolute atomic E-state index is 13.4. The Hall–Kier alpha value is -1.87. The molecule has 0 fully saturated rings. The van der Waals surface area contributed by atoms with Crippen LogP contribution in [-0.4, -0.2) is 30.8 Å². The Kier molecular flexibility index (Phi) is 5.36. The van der Waals surface area contributed by atoms with Crippen molar-refractivity contribution in [3.63, 3.8) is 0 Å². The average Bonchev–Trinajstić information content (AvgIpc) is 3.02. The Balaban J connectivity index is 2.00. The van der Waals surface area contributed by atoms with Gasteiger partial charge in [0, 0.05) is 10.7 Å². The lowest BCUT2D eigenvalue weighted by Crippen LogP contribution is -2.53. The zero-order chi connectivity index (χ0) is 19.8. The number of carboxylic acids is 1. The highest BCUT2D eigenvalue weighted by Crippen LogP contribution is 2.40. The summed E-state index contributed by atoms with van der Waals surface area (Å²) in [5, 5.41) is 9.64. The first-order chi connectivity index (χ1) is 12.6. The van der Waals surface area contributed by atoms with Crippen molar-refractivity contribution in [3.8, 4) is 0 Å². The summed E-state index contributed by atoms with van der Waals surface area (Å²) in [5.74, 6) is -1.96. The molecule has 2 N–H and O–H groups in total. The summed E-state index contributed by atoms with van der Waals surface area (Å²) < 4.78 is 41.2. The number of hydrogen-bond donors (Lipinski definition) is 2. The van der Waals surface area contributed by atoms with Crippen LogP contribution in [0.25, 0.3) is 4.91 Å². The Bertz CT molecular complexity index is 1060. The smallest absolute Gasteiger partial charge is 0.329 e. The van der Waals surface area contributed by atoms with Crippen molar-refractivity contribution in [1.82, 2.24) is 4.72 Å². The molecule has 27 heavy (non-hydrogen) atoms. The van der Waals surface area contributed by atoms with E-state index in [9.17, 15) is 22.7 Å². The van der Waals surface area contributed by atoms with Gasteiger partial charge in [-0.15, -0.1) is 11.8 Å². The maximum Gasteiger partial charge on any atom is 0.329 e. The second-order valence-electron chi connectivity index (χ2n) is 6.07. The number of aryl methyl sites for hydroxylation is 1. The van der Waals surface area contributed by atoms with Gasteiger partial charge in [-0.25, -0.2) is 17.6 Å². The van der Waals surface area contributed by atoms with Gasteiger partial charge in [0.05, 0.1) is 9.92 Å². The summed E-state index contributed by atoms with van der Waals surface area (Å²) in [6.45, 7) is 1.63. The maximum atomic E-state index is 13.4. The molecule has 0 bridgehead atoms. The molecule has 0 saturated carbocycles. The zero-order valence-electron chi connectivity index (χ0n) is 14.1. The van der Waals surface area contributed by atoms with Gasteiger partial charge < -0.3 is 5.11 Å². The summed E-state index contributed by atoms with van der Waals surface area (Å²) in [6.07, 6.45) is 1.33. The van der Waals surface area contributed by atoms with Crippen molar-refractivity contribution < 1.29 is 22.7 Å². The van der Waals surface area contributed by atoms with Crippen LogP contribution in [0.1, 0.15) is 11.1 Å². The van der Waals surface area contributed by atoms with E-state index in [0.717, 1.165) is 11.8 Å². The molecule has 0 spiro atoms. The van der Waals surface area contributed by atoms with Crippen LogP contribution in [-0.2, 0) is 14.8 Å². The molecule has 0 aromatic heterocycles. The first-order valence-corrected chi connectivity index (χ1v) is 10.6. The van der Waals surface area contributed by atoms with E-state index in [1.807, 2.05) is 0 Å². The molecule has 1 heterocycles. The third-order valence-electron chi connectivity index (χ3n) is 4.12. The molecular weight excluding hydrogens is 413 g/mol. The number of sulfonamides is 1. The lowest BCUT2D eigenvalue weighted by atomic mass is 10.0. The Morgan fingerprint density at radius 1 is 1.30 bits per heavy atom. The minimum Gasteiger partial charge on any atom is -0.480 e. The molecule has 1 unspecified atom stereocenters. The molecule has 1 aliphatic rings. The fourth-order valence-corrected chi connectivity index (χ4v) is 5.76. The first kappa shape index (κ1) is 19.9. The molecule has 0 amide bonds. The second kappa shape index (κ2) is 7.27. The van der Waals surface area contributed by atoms with E-state index in [-0.39, 0.29) is 15.7 Å². The predicted octanol–water partition coefficient (Wildman–Crippen LogP) is 3.68. The minimum absolute atomic E-state index is 0.0160. The van der Waals surface area contributed by atoms with E-state index in [1.165, 1.54) is 30.3 Å². The molecule has 1 atom stereocenters. The van der Waals surface area contributed by atoms with Crippen molar-refractivity contribution >= 4 is 44.3 Å². The monoisotopic (exact) mass is 427 g/mol. The molecule has 2 aromatic carbocycles. The van der Waals surface area contributed by atoms with E-state index in [4.69, 9.17) is 11.6 Å². The Morgan fingerprint density at radius 2 is 2.00 bits per heavy atom. The van der Waals surface area contributed by atoms with Gasteiger partial charge in [-0.1, -0.05) is 35.9 Å². The van der Waals surface area contributed by atoms with Crippen LogP contribution >= 0.6 is 23.4 Å². The minimum atomic E-state index is -4.07. The number of benzene rings is 2. The number of halogens is 2. The quantitative estimate of drug-likeness (QED) is 0.760. The van der Waals surface area contributed by atoms with Crippen LogP contribution in [0.4, 0.5) is 4.39 Å². The number of nitrogens with one attached hydrogen (secondary N) is 1. The fourth-order valence-electron chi connectivity index (χ4n) is 2.69. The number of thioether (sulfide) groups is 1. The van der Waals surface area contributed by atoms with Gasteiger partial charge in [0.25, 0.3) is 0 Å². The zero-order valence-corrected chi connectivity index (χ0v) is 16.5. The second-order valence-corrected chi connectivity index (χ2v) is 9.15. The van der Waals surface area contributed by atoms with Gasteiger partial charge in [-0.3, -0.25) is 0 Å². The van der Waals surface area contributed by atoms with Crippen molar-refractivity contribution in [1.29, 1.82) is 0 Å². The summed E-state index contributed by atoms with van der Waals surface area (Å²) in [5.41, 5.74) is -0.794. The molecule has 5 nitrogen and oxygen atoms in total. The number of hydrogen-bond acceptors (Lipinski definition) is 4. The van der Waals surface area contributed by atoms with E-state index >= 15 is 0 Å². The van der Waals surface area contributed by atoms with Gasteiger partial charge in [-0.2, -0.15) is 4.72 Å². The summed E-state index contributed by atoms with van der Waals surface area (Å²) >= 11 is 6.95. The molecule has 0 aliphatic carbocycles. The molecular formula is C18H15ClFNO4S2. The number of rotatable bonds is 5. The number of aliphatic carboxylic acids is 1. The summed E-state index contributed by atoms with van der Waals surface area (Å²) in [7, 11) is -4.07. The number of carboxylic acid groups (broad SMARTS) is 1. The average molecular weight is 428 g/mol. The predicted molar refractivity (Wildman–Crippen MR) is 104 cm³/mol. The highest BCUT2D eigenvalue weighted by molar-refractivity contribution is 8.08. The SMILES string of the molecule is Cc1ccccc1S(=O)(=O)NC1(C(=O)O)C=C(c2ccc(F)c(Cl)c2)SC1. The third-order valence-corrected chi connectivity index (χ3v) is 7.34. The van der Waals surface area contributed by atoms with Crippen LogP contribution in [0.3, 0.4) is 0 Å². The van der Waals surface area contributed by atoms with Crippen molar-refractivity contribution in [2.24, 2.45) is 0 Å². The normalized spacial score (nSPS) is 19.7. The molecule has 2 aromatic rings. The molecule has 9 heteroatoms. The first-order valence-electron chi connectivity index (χ1n) is 7.79. The molecule has 1 aliphatic heterocycles. The third kappa shape index (κ3) is 3.89. The van der Waals surface area contributed by atoms with Crippen molar-refractivity contribution in [2.75, 3.05) is 5.75 Å². The fraction of sp³-hybridized carbons (Fsp3) is 0.167. The van der Waals surface area contributed by atoms with E-state index in [2.05, 4.69) is 4.72 Å². The van der Waals surface area contributed by atoms with Gasteiger partial charge in [0.15, 0.2) is 5.54 Å². The van der Waals surface area contributed by atoms with Crippen LogP contribution in [0, 0.1) is 12.7 Å². The standard InChI is InChI=1S/C18H15ClFNO4S2/c1-11-4-2-3-5-16(11)27(24,25)21-18(17(22)23)9-15(26-10-18)12-6-7-14(20)13(19)8-12/h2-9,21H,10H2,1H3,(H,22,23). The van der Waals surface area contributed by atoms with Gasteiger partial charge >= 0.3 is 5.97 Å². The highest BCUT2D eigenvalue weighted by atomic mass is 35.5. The number of carbonyl (C=O) groups is 1. The van der Waals surface area contributed by atoms with Gasteiger partial charge in [-0.05, 0) is 42.3 Å². The highest BCUT2D eigenvalue weighted by Gasteiger charge is 2.45. The van der Waals surface area contributed by atoms with Gasteiger partial charge in [0.1, 0.15) is 5.82 Å². The van der Waals surface area contributed by atoms with E-state index in [1.54, 1.807) is 25.1 Å². The molecule has 0 saturated heterocycles. The van der Waals surface area contributed by atoms with Crippen LogP contribution < -0.4 is 4.72 Å². The van der Waals surface area contributed by atoms with Gasteiger partial charge in [0.2, 0.25) is 10.0 Å². The van der Waals surface area contributed by atoms with E-state index < -0.39 is 27.3 Å². The van der Waals surface area contributed by atoms with Crippen molar-refractivity contribution in [3.05, 3.63) is 70.5 Å². The molecule has 142 valence electrons. The van der Waals surface area contributed by atoms with E-state index in [0.29, 0.717) is 16.0 Å². The lowest BCUT2D eigenvalue weighted by molar-refractivity contribution is -0.141. The molecule has 0 radical (unpaired) electrons. The van der Waals surface area contributed by atoms with Crippen molar-refractivity contribution in [2.45, 2.75) is 17.4 Å². The summed E-state index contributed by atoms with van der Waals surface area (Å²) in [4.78, 5) is 12.5. The van der Waals surface area contributed by atoms with Crippen LogP contribution in [0.15, 0.2) is 53.4 Å². The van der Waals surface area contributed by atoms with Crippen LogP contribution in [0.2, 0.25) is 5.02 Å². The Morgan fingerprint density at radius 3 is 2.63 bits per heavy atom. The Labute approximate surface area is 165 Å². The summed E-state index contributed by atoms with van der Waals surface area (Å²) in [6, 6.07) is 10.3. The molecule has 3 rings (SSSR count). The lowest BCUT2D eigenvalue weighted by Gasteiger charge is -2.23. The van der Waals surface area contributed by atoms with Crippen LogP contribution in [0.5, 0.6) is 0 Å².